The van der Waals surface area contributed by atoms with E-state index in [0.717, 1.165) is 6.42 Å². The number of nitriles is 1. The van der Waals surface area contributed by atoms with Crippen molar-refractivity contribution in [3.05, 3.63) is 0 Å². The van der Waals surface area contributed by atoms with Gasteiger partial charge in [-0.2, -0.15) is 5.26 Å². The molecule has 1 aliphatic heterocycles. The Morgan fingerprint density at radius 1 is 1.62 bits per heavy atom. The average molecular weight is 225 g/mol. The maximum atomic E-state index is 11.8. The van der Waals surface area contributed by atoms with E-state index < -0.39 is 12.0 Å². The van der Waals surface area contributed by atoms with Crippen LogP contribution in [0.2, 0.25) is 0 Å². The molecule has 2 amide bonds. The van der Waals surface area contributed by atoms with Crippen molar-refractivity contribution < 1.29 is 14.7 Å². The number of hydrogen-bond acceptors (Lipinski definition) is 3. The first-order chi connectivity index (χ1) is 7.57. The molecule has 0 aliphatic carbocycles. The molecule has 0 radical (unpaired) electrons. The highest BCUT2D eigenvalue weighted by atomic mass is 16.4. The Labute approximate surface area is 94.0 Å². The van der Waals surface area contributed by atoms with Gasteiger partial charge in [-0.3, -0.25) is 0 Å². The Balaban J connectivity index is 2.59. The Kier molecular flexibility index (Phi) is 4.11. The summed E-state index contributed by atoms with van der Waals surface area (Å²) in [5.74, 6) is -0.959. The quantitative estimate of drug-likeness (QED) is 0.758. The molecule has 6 heteroatoms. The van der Waals surface area contributed by atoms with Crippen LogP contribution in [0.5, 0.6) is 0 Å². The van der Waals surface area contributed by atoms with Crippen molar-refractivity contribution in [3.8, 4) is 6.07 Å². The second-order valence-electron chi connectivity index (χ2n) is 3.80. The van der Waals surface area contributed by atoms with E-state index in [-0.39, 0.29) is 12.5 Å². The highest BCUT2D eigenvalue weighted by Gasteiger charge is 2.35. The van der Waals surface area contributed by atoms with Gasteiger partial charge < -0.3 is 14.9 Å². The normalized spacial score (nSPS) is 19.2. The lowest BCUT2D eigenvalue weighted by Gasteiger charge is -2.27. The predicted molar refractivity (Wildman–Crippen MR) is 55.6 cm³/mol. The predicted octanol–water partition coefficient (Wildman–Crippen LogP) is 0.501. The monoisotopic (exact) mass is 225 g/mol. The molecule has 88 valence electrons. The van der Waals surface area contributed by atoms with Crippen LogP contribution in [0.1, 0.15) is 19.3 Å². The van der Waals surface area contributed by atoms with Crippen molar-refractivity contribution in [2.75, 3.05) is 20.1 Å². The van der Waals surface area contributed by atoms with Crippen molar-refractivity contribution in [3.63, 3.8) is 0 Å². The highest BCUT2D eigenvalue weighted by molar-refractivity contribution is 5.83. The Bertz CT molecular complexity index is 324. The largest absolute Gasteiger partial charge is 0.480 e. The van der Waals surface area contributed by atoms with E-state index in [9.17, 15) is 9.59 Å². The second kappa shape index (κ2) is 5.35. The third-order valence-corrected chi connectivity index (χ3v) is 2.67. The van der Waals surface area contributed by atoms with Crippen LogP contribution in [0.4, 0.5) is 4.79 Å². The van der Waals surface area contributed by atoms with Crippen LogP contribution in [0.15, 0.2) is 0 Å². The van der Waals surface area contributed by atoms with Gasteiger partial charge in [-0.25, -0.2) is 9.59 Å². The van der Waals surface area contributed by atoms with Gasteiger partial charge in [-0.1, -0.05) is 0 Å². The first-order valence-corrected chi connectivity index (χ1v) is 5.19. The third-order valence-electron chi connectivity index (χ3n) is 2.67. The molecular weight excluding hydrogens is 210 g/mol. The molecule has 0 aromatic rings. The van der Waals surface area contributed by atoms with Gasteiger partial charge in [0.2, 0.25) is 0 Å². The van der Waals surface area contributed by atoms with Gasteiger partial charge in [-0.05, 0) is 12.8 Å². The molecule has 0 aromatic heterocycles. The van der Waals surface area contributed by atoms with Crippen molar-refractivity contribution in [1.29, 1.82) is 5.26 Å². The highest BCUT2D eigenvalue weighted by Crippen LogP contribution is 2.18. The zero-order chi connectivity index (χ0) is 12.1. The van der Waals surface area contributed by atoms with E-state index in [4.69, 9.17) is 10.4 Å². The van der Waals surface area contributed by atoms with Gasteiger partial charge in [0, 0.05) is 20.1 Å². The summed E-state index contributed by atoms with van der Waals surface area (Å²) >= 11 is 0. The summed E-state index contributed by atoms with van der Waals surface area (Å²) in [7, 11) is 1.58. The van der Waals surface area contributed by atoms with E-state index in [1.165, 1.54) is 9.80 Å². The number of carbonyl (C=O) groups is 2. The Morgan fingerprint density at radius 3 is 2.88 bits per heavy atom. The number of hydrogen-bond donors (Lipinski definition) is 1. The Hall–Kier alpha value is -1.77. The SMILES string of the molecule is CN(CCC#N)C(=O)N1CCC[C@@H]1C(=O)O. The van der Waals surface area contributed by atoms with Crippen LogP contribution < -0.4 is 0 Å². The number of amides is 2. The zero-order valence-corrected chi connectivity index (χ0v) is 9.22. The molecule has 1 fully saturated rings. The zero-order valence-electron chi connectivity index (χ0n) is 9.22. The molecule has 0 unspecified atom stereocenters. The minimum absolute atomic E-state index is 0.258. The molecule has 0 spiro atoms. The number of rotatable bonds is 3. The van der Waals surface area contributed by atoms with Crippen molar-refractivity contribution in [2.24, 2.45) is 0 Å². The molecule has 1 rings (SSSR count). The van der Waals surface area contributed by atoms with Gasteiger partial charge in [0.25, 0.3) is 0 Å². The molecule has 0 saturated carbocycles. The number of carboxylic acid groups (broad SMARTS) is 1. The molecule has 1 saturated heterocycles. The maximum Gasteiger partial charge on any atom is 0.326 e. The van der Waals surface area contributed by atoms with Crippen LogP contribution in [-0.2, 0) is 4.79 Å². The lowest BCUT2D eigenvalue weighted by atomic mass is 10.2. The van der Waals surface area contributed by atoms with Crippen LogP contribution in [0, 0.1) is 11.3 Å². The van der Waals surface area contributed by atoms with E-state index >= 15 is 0 Å². The summed E-state index contributed by atoms with van der Waals surface area (Å²) in [6.07, 6.45) is 1.48. The lowest BCUT2D eigenvalue weighted by Crippen LogP contribution is -2.46. The number of likely N-dealkylation sites (tertiary alicyclic amines) is 1. The smallest absolute Gasteiger partial charge is 0.326 e. The summed E-state index contributed by atoms with van der Waals surface area (Å²) in [4.78, 5) is 25.5. The fraction of sp³-hybridized carbons (Fsp3) is 0.700. The summed E-state index contributed by atoms with van der Waals surface area (Å²) in [6, 6.07) is 0.933. The summed E-state index contributed by atoms with van der Waals surface area (Å²) in [5, 5.41) is 17.3. The molecule has 6 nitrogen and oxygen atoms in total. The Morgan fingerprint density at radius 2 is 2.31 bits per heavy atom. The summed E-state index contributed by atoms with van der Waals surface area (Å²) in [6.45, 7) is 0.810. The maximum absolute atomic E-state index is 11.8. The molecule has 0 bridgehead atoms. The minimum atomic E-state index is -0.959. The molecule has 1 N–H and O–H groups in total. The van der Waals surface area contributed by atoms with E-state index in [1.807, 2.05) is 6.07 Å². The number of aliphatic carboxylic acids is 1. The van der Waals surface area contributed by atoms with Gasteiger partial charge in [0.05, 0.1) is 12.5 Å². The van der Waals surface area contributed by atoms with Crippen LogP contribution in [0.3, 0.4) is 0 Å². The standard InChI is InChI=1S/C10H15N3O3/c1-12(6-3-5-11)10(16)13-7-2-4-8(13)9(14)15/h8H,2-4,6-7H2,1H3,(H,14,15)/t8-/m1/s1. The second-order valence-corrected chi connectivity index (χ2v) is 3.80. The number of urea groups is 1. The molecule has 0 aromatic carbocycles. The van der Waals surface area contributed by atoms with Crippen LogP contribution in [-0.4, -0.2) is 53.1 Å². The van der Waals surface area contributed by atoms with Gasteiger partial charge >= 0.3 is 12.0 Å². The number of carbonyl (C=O) groups excluding carboxylic acids is 1. The van der Waals surface area contributed by atoms with Gasteiger partial charge in [0.15, 0.2) is 0 Å². The fourth-order valence-corrected chi connectivity index (χ4v) is 1.79. The first-order valence-electron chi connectivity index (χ1n) is 5.19. The van der Waals surface area contributed by atoms with Crippen molar-refractivity contribution >= 4 is 12.0 Å². The third kappa shape index (κ3) is 2.63. The van der Waals surface area contributed by atoms with Crippen LogP contribution >= 0.6 is 0 Å². The summed E-state index contributed by atoms with van der Waals surface area (Å²) < 4.78 is 0. The first kappa shape index (κ1) is 12.3. The number of nitrogens with zero attached hydrogens (tertiary/aromatic N) is 3. The fourth-order valence-electron chi connectivity index (χ4n) is 1.79. The molecular formula is C10H15N3O3. The molecule has 1 atom stereocenters. The van der Waals surface area contributed by atoms with E-state index in [0.29, 0.717) is 19.5 Å². The molecule has 1 aliphatic rings. The average Bonchev–Trinajstić information content (AvgIpc) is 2.73. The lowest BCUT2D eigenvalue weighted by molar-refractivity contribution is -0.141. The van der Waals surface area contributed by atoms with E-state index in [1.54, 1.807) is 7.05 Å². The van der Waals surface area contributed by atoms with Crippen molar-refractivity contribution in [1.82, 2.24) is 9.80 Å². The molecule has 16 heavy (non-hydrogen) atoms. The van der Waals surface area contributed by atoms with Crippen molar-refractivity contribution in [2.45, 2.75) is 25.3 Å². The van der Waals surface area contributed by atoms with Gasteiger partial charge in [0.1, 0.15) is 6.04 Å². The summed E-state index contributed by atoms with van der Waals surface area (Å²) in [5.41, 5.74) is 0. The van der Waals surface area contributed by atoms with Crippen LogP contribution in [0.25, 0.3) is 0 Å². The molecule has 1 heterocycles. The topological polar surface area (TPSA) is 84.6 Å². The van der Waals surface area contributed by atoms with Gasteiger partial charge in [-0.15, -0.1) is 0 Å². The van der Waals surface area contributed by atoms with E-state index in [2.05, 4.69) is 0 Å². The minimum Gasteiger partial charge on any atom is -0.480 e. The number of carboxylic acids is 1.